The number of carbonyl (C=O) groups excluding carboxylic acids is 1. The van der Waals surface area contributed by atoms with E-state index in [4.69, 9.17) is 25.7 Å². The lowest BCUT2D eigenvalue weighted by atomic mass is 10.1. The van der Waals surface area contributed by atoms with Crippen LogP contribution in [0.1, 0.15) is 20.1 Å². The number of aliphatic hydroxyl groups is 2. The first-order valence-corrected chi connectivity index (χ1v) is 8.72. The first-order chi connectivity index (χ1) is 13.2. The van der Waals surface area contributed by atoms with Crippen LogP contribution >= 0.6 is 0 Å². The second-order valence-electron chi connectivity index (χ2n) is 6.86. The molecular weight excluding hydrogens is 372 g/mol. The van der Waals surface area contributed by atoms with Crippen LogP contribution < -0.4 is 16.2 Å². The predicted octanol–water partition coefficient (Wildman–Crippen LogP) is -1.44. The fourth-order valence-electron chi connectivity index (χ4n) is 2.86. The molecule has 0 bridgehead atoms. The second-order valence-corrected chi connectivity index (χ2v) is 6.86. The van der Waals surface area contributed by atoms with Gasteiger partial charge in [-0.2, -0.15) is 9.97 Å². The molecule has 12 nitrogen and oxygen atoms in total. The molecule has 0 spiro atoms. The topological polar surface area (TPSA) is 181 Å². The van der Waals surface area contributed by atoms with Gasteiger partial charge in [-0.3, -0.25) is 9.36 Å². The highest BCUT2D eigenvalue weighted by Gasteiger charge is 2.45. The van der Waals surface area contributed by atoms with E-state index in [2.05, 4.69) is 15.0 Å². The molecule has 0 aromatic carbocycles. The Morgan fingerprint density at radius 3 is 2.71 bits per heavy atom. The SMILES string of the molecule is COc1nc(N)nc2c1ncn2C1O[C@H](COC(=O)[C@@H](N)C(C)C)[C@@H](O)[C@@H]1O. The highest BCUT2D eigenvalue weighted by atomic mass is 16.6. The van der Waals surface area contributed by atoms with Gasteiger partial charge in [-0.15, -0.1) is 0 Å². The van der Waals surface area contributed by atoms with Crippen molar-refractivity contribution in [1.82, 2.24) is 19.5 Å². The lowest BCUT2D eigenvalue weighted by Crippen LogP contribution is -2.40. The number of hydrogen-bond donors (Lipinski definition) is 4. The Labute approximate surface area is 160 Å². The van der Waals surface area contributed by atoms with E-state index in [0.717, 1.165) is 0 Å². The molecule has 0 saturated carbocycles. The maximum absolute atomic E-state index is 11.9. The molecular formula is C16H24N6O6. The zero-order chi connectivity index (χ0) is 20.6. The average molecular weight is 396 g/mol. The summed E-state index contributed by atoms with van der Waals surface area (Å²) in [7, 11) is 1.41. The van der Waals surface area contributed by atoms with Crippen LogP contribution in [0.3, 0.4) is 0 Å². The van der Waals surface area contributed by atoms with Gasteiger partial charge in [0.25, 0.3) is 0 Å². The molecule has 12 heteroatoms. The van der Waals surface area contributed by atoms with Gasteiger partial charge in [0.1, 0.15) is 31.0 Å². The van der Waals surface area contributed by atoms with Crippen LogP contribution in [0, 0.1) is 5.92 Å². The van der Waals surface area contributed by atoms with Crippen LogP contribution in [0.2, 0.25) is 0 Å². The van der Waals surface area contributed by atoms with Gasteiger partial charge in [0, 0.05) is 0 Å². The van der Waals surface area contributed by atoms with E-state index in [1.807, 2.05) is 0 Å². The molecule has 5 atom stereocenters. The van der Waals surface area contributed by atoms with Crippen molar-refractivity contribution in [2.75, 3.05) is 19.5 Å². The van der Waals surface area contributed by atoms with Gasteiger partial charge in [0.15, 0.2) is 17.4 Å². The van der Waals surface area contributed by atoms with Crippen LogP contribution in [0.15, 0.2) is 6.33 Å². The molecule has 6 N–H and O–H groups in total. The molecule has 1 aliphatic rings. The molecule has 1 unspecified atom stereocenters. The Morgan fingerprint density at radius 2 is 2.07 bits per heavy atom. The standard InChI is InChI=1S/C16H24N6O6/c1-6(2)8(17)15(25)27-4-7-10(23)11(24)14(28-7)22-5-19-9-12(22)20-16(18)21-13(9)26-3/h5-8,10-11,14,23-24H,4,17H2,1-3H3,(H2,18,20,21)/t7-,8+,10-,11+,14?/m1/s1. The van der Waals surface area contributed by atoms with Crippen LogP contribution in [-0.4, -0.2) is 73.8 Å². The third-order valence-corrected chi connectivity index (χ3v) is 4.59. The fourth-order valence-corrected chi connectivity index (χ4v) is 2.86. The van der Waals surface area contributed by atoms with Gasteiger partial charge in [-0.25, -0.2) is 4.98 Å². The minimum atomic E-state index is -1.32. The van der Waals surface area contributed by atoms with Gasteiger partial charge in [0.2, 0.25) is 11.8 Å². The van der Waals surface area contributed by atoms with E-state index in [-0.39, 0.29) is 30.0 Å². The molecule has 2 aromatic rings. The Kier molecular flexibility index (Phi) is 5.65. The zero-order valence-electron chi connectivity index (χ0n) is 15.7. The lowest BCUT2D eigenvalue weighted by molar-refractivity contribution is -0.152. The quantitative estimate of drug-likeness (QED) is 0.420. The first-order valence-electron chi connectivity index (χ1n) is 8.72. The number of ether oxygens (including phenoxy) is 3. The Balaban J connectivity index is 1.79. The van der Waals surface area contributed by atoms with Crippen molar-refractivity contribution in [2.45, 2.75) is 44.4 Å². The molecule has 1 fully saturated rings. The minimum absolute atomic E-state index is 0.0488. The summed E-state index contributed by atoms with van der Waals surface area (Å²) in [5, 5.41) is 20.7. The summed E-state index contributed by atoms with van der Waals surface area (Å²) < 4.78 is 17.4. The number of nitrogens with two attached hydrogens (primary N) is 2. The number of rotatable bonds is 6. The van der Waals surface area contributed by atoms with Crippen molar-refractivity contribution >= 4 is 23.1 Å². The Bertz CT molecular complexity index is 858. The fraction of sp³-hybridized carbons (Fsp3) is 0.625. The number of nitrogen functional groups attached to an aromatic ring is 1. The van der Waals surface area contributed by atoms with Crippen molar-refractivity contribution in [2.24, 2.45) is 11.7 Å². The van der Waals surface area contributed by atoms with Crippen molar-refractivity contribution in [1.29, 1.82) is 0 Å². The molecule has 1 saturated heterocycles. The van der Waals surface area contributed by atoms with Crippen molar-refractivity contribution < 1.29 is 29.2 Å². The van der Waals surface area contributed by atoms with Crippen LogP contribution in [0.25, 0.3) is 11.2 Å². The summed E-state index contributed by atoms with van der Waals surface area (Å²) in [6.07, 6.45) is -3.23. The molecule has 0 radical (unpaired) electrons. The number of carbonyl (C=O) groups is 1. The largest absolute Gasteiger partial charge is 0.479 e. The van der Waals surface area contributed by atoms with E-state index in [1.54, 1.807) is 13.8 Å². The summed E-state index contributed by atoms with van der Waals surface area (Å²) in [6.45, 7) is 3.32. The van der Waals surface area contributed by atoms with E-state index in [9.17, 15) is 15.0 Å². The number of aromatic nitrogens is 4. The van der Waals surface area contributed by atoms with E-state index in [1.165, 1.54) is 18.0 Å². The summed E-state index contributed by atoms with van der Waals surface area (Å²) >= 11 is 0. The van der Waals surface area contributed by atoms with Crippen LogP contribution in [0.5, 0.6) is 5.88 Å². The second kappa shape index (κ2) is 7.83. The van der Waals surface area contributed by atoms with Gasteiger partial charge < -0.3 is 35.9 Å². The Hall–Kier alpha value is -2.54. The maximum atomic E-state index is 11.9. The number of methoxy groups -OCH3 is 1. The number of anilines is 1. The smallest absolute Gasteiger partial charge is 0.323 e. The molecule has 154 valence electrons. The molecule has 0 amide bonds. The maximum Gasteiger partial charge on any atom is 0.323 e. The summed E-state index contributed by atoms with van der Waals surface area (Å²) in [5.41, 5.74) is 12.0. The molecule has 0 aliphatic carbocycles. The van der Waals surface area contributed by atoms with Crippen molar-refractivity contribution in [3.8, 4) is 5.88 Å². The monoisotopic (exact) mass is 396 g/mol. The van der Waals surface area contributed by atoms with E-state index >= 15 is 0 Å². The lowest BCUT2D eigenvalue weighted by Gasteiger charge is -2.18. The molecule has 1 aliphatic heterocycles. The highest BCUT2D eigenvalue weighted by molar-refractivity contribution is 5.77. The molecule has 3 heterocycles. The van der Waals surface area contributed by atoms with Crippen molar-refractivity contribution in [3.05, 3.63) is 6.33 Å². The van der Waals surface area contributed by atoms with Crippen molar-refractivity contribution in [3.63, 3.8) is 0 Å². The third-order valence-electron chi connectivity index (χ3n) is 4.59. The minimum Gasteiger partial charge on any atom is -0.479 e. The number of aliphatic hydroxyl groups excluding tert-OH is 2. The normalized spacial score (nSPS) is 26.0. The van der Waals surface area contributed by atoms with Gasteiger partial charge >= 0.3 is 5.97 Å². The number of hydrogen-bond acceptors (Lipinski definition) is 11. The first kappa shape index (κ1) is 20.2. The highest BCUT2D eigenvalue weighted by Crippen LogP contribution is 2.33. The van der Waals surface area contributed by atoms with Crippen LogP contribution in [0.4, 0.5) is 5.95 Å². The molecule has 2 aromatic heterocycles. The number of nitrogens with zero attached hydrogens (tertiary/aromatic N) is 4. The average Bonchev–Trinajstić information content (AvgIpc) is 3.20. The van der Waals surface area contributed by atoms with Gasteiger partial charge in [-0.05, 0) is 5.92 Å². The van der Waals surface area contributed by atoms with Crippen LogP contribution in [-0.2, 0) is 14.3 Å². The number of imidazole rings is 1. The number of fused-ring (bicyclic) bond motifs is 1. The molecule has 28 heavy (non-hydrogen) atoms. The molecule has 3 rings (SSSR count). The van der Waals surface area contributed by atoms with Gasteiger partial charge in [0.05, 0.1) is 13.4 Å². The summed E-state index contributed by atoms with van der Waals surface area (Å²) in [6, 6.07) is -0.788. The number of esters is 1. The summed E-state index contributed by atoms with van der Waals surface area (Å²) in [5.74, 6) is -0.588. The zero-order valence-corrected chi connectivity index (χ0v) is 15.7. The van der Waals surface area contributed by atoms with Gasteiger partial charge in [-0.1, -0.05) is 13.8 Å². The predicted molar refractivity (Wildman–Crippen MR) is 96.0 cm³/mol. The van der Waals surface area contributed by atoms with E-state index in [0.29, 0.717) is 5.52 Å². The van der Waals surface area contributed by atoms with E-state index < -0.39 is 36.6 Å². The third kappa shape index (κ3) is 3.58. The summed E-state index contributed by atoms with van der Waals surface area (Å²) in [4.78, 5) is 24.1. The Morgan fingerprint density at radius 1 is 1.36 bits per heavy atom.